The summed E-state index contributed by atoms with van der Waals surface area (Å²) in [5.74, 6) is 1.58. The van der Waals surface area contributed by atoms with Crippen LogP contribution in [0.3, 0.4) is 0 Å². The van der Waals surface area contributed by atoms with Gasteiger partial charge in [0.1, 0.15) is 11.5 Å². The average Bonchev–Trinajstić information content (AvgIpc) is 2.70. The van der Waals surface area contributed by atoms with Crippen LogP contribution in [0.1, 0.15) is 37.8 Å². The van der Waals surface area contributed by atoms with E-state index >= 15 is 0 Å². The lowest BCUT2D eigenvalue weighted by Crippen LogP contribution is -2.03. The number of unbranched alkanes of at least 4 members (excludes halogenated alkanes) is 1. The second-order valence-corrected chi connectivity index (χ2v) is 5.82. The first kappa shape index (κ1) is 19.3. The van der Waals surface area contributed by atoms with Crippen molar-refractivity contribution in [1.29, 1.82) is 0 Å². The molecule has 0 radical (unpaired) electrons. The fourth-order valence-corrected chi connectivity index (χ4v) is 2.28. The third-order valence-corrected chi connectivity index (χ3v) is 3.92. The molecular weight excluding hydrogens is 332 g/mol. The van der Waals surface area contributed by atoms with Crippen molar-refractivity contribution in [3.8, 4) is 11.5 Å². The van der Waals surface area contributed by atoms with Crippen LogP contribution in [0.4, 0.5) is 0 Å². The Balaban J connectivity index is 1.65. The maximum atomic E-state index is 8.74. The number of ether oxygens (including phenoxy) is 2. The minimum Gasteiger partial charge on any atom is -0.494 e. The van der Waals surface area contributed by atoms with E-state index in [2.05, 4.69) is 10.3 Å². The number of oxime groups is 2. The molecule has 0 bridgehead atoms. The molecule has 0 aliphatic heterocycles. The molecule has 2 aromatic rings. The third kappa shape index (κ3) is 5.81. The summed E-state index contributed by atoms with van der Waals surface area (Å²) in [7, 11) is 0. The van der Waals surface area contributed by atoms with Crippen molar-refractivity contribution in [2.75, 3.05) is 13.2 Å². The van der Waals surface area contributed by atoms with Crippen LogP contribution in [0.15, 0.2) is 58.8 Å². The highest BCUT2D eigenvalue weighted by Gasteiger charge is 2.01. The molecule has 0 amide bonds. The number of nitrogens with zero attached hydrogens (tertiary/aromatic N) is 2. The van der Waals surface area contributed by atoms with Crippen LogP contribution in [0.2, 0.25) is 0 Å². The van der Waals surface area contributed by atoms with Gasteiger partial charge < -0.3 is 19.9 Å². The molecule has 0 aliphatic rings. The largest absolute Gasteiger partial charge is 0.494 e. The Kier molecular flexibility index (Phi) is 7.49. The summed E-state index contributed by atoms with van der Waals surface area (Å²) in [4.78, 5) is 0. The van der Waals surface area contributed by atoms with E-state index in [0.717, 1.165) is 35.5 Å². The van der Waals surface area contributed by atoms with Crippen LogP contribution < -0.4 is 9.47 Å². The monoisotopic (exact) mass is 356 g/mol. The Morgan fingerprint density at radius 3 is 1.35 bits per heavy atom. The van der Waals surface area contributed by atoms with Crippen LogP contribution in [0.5, 0.6) is 11.5 Å². The lowest BCUT2D eigenvalue weighted by atomic mass is 10.1. The zero-order chi connectivity index (χ0) is 18.8. The predicted octanol–water partition coefficient (Wildman–Crippen LogP) is 4.32. The van der Waals surface area contributed by atoms with E-state index in [-0.39, 0.29) is 0 Å². The zero-order valence-electron chi connectivity index (χ0n) is 15.1. The normalized spacial score (nSPS) is 12.1. The van der Waals surface area contributed by atoms with Crippen LogP contribution >= 0.6 is 0 Å². The highest BCUT2D eigenvalue weighted by Crippen LogP contribution is 2.15. The topological polar surface area (TPSA) is 83.6 Å². The van der Waals surface area contributed by atoms with E-state index in [1.807, 2.05) is 48.5 Å². The van der Waals surface area contributed by atoms with E-state index in [1.54, 1.807) is 13.8 Å². The molecule has 0 aromatic heterocycles. The van der Waals surface area contributed by atoms with Crippen LogP contribution in [-0.4, -0.2) is 35.1 Å². The summed E-state index contributed by atoms with van der Waals surface area (Å²) in [6, 6.07) is 14.9. The van der Waals surface area contributed by atoms with Crippen molar-refractivity contribution in [1.82, 2.24) is 0 Å². The SMILES string of the molecule is C/C(=N\O)c1ccc(OCCCCOc2ccc(/C(C)=N/O)cc2)cc1. The van der Waals surface area contributed by atoms with Crippen LogP contribution in [-0.2, 0) is 0 Å². The standard InChI is InChI=1S/C20H24N2O4/c1-15(21-23)17-5-9-19(10-6-17)25-13-3-4-14-26-20-11-7-18(8-12-20)16(2)22-24/h5-12,23-24H,3-4,13-14H2,1-2H3/b21-15+,22-16+. The average molecular weight is 356 g/mol. The Morgan fingerprint density at radius 1 is 0.692 bits per heavy atom. The van der Waals surface area contributed by atoms with Crippen LogP contribution in [0.25, 0.3) is 0 Å². The van der Waals surface area contributed by atoms with Crippen molar-refractivity contribution in [2.45, 2.75) is 26.7 Å². The minimum absolute atomic E-state index is 0.570. The van der Waals surface area contributed by atoms with Gasteiger partial charge in [0, 0.05) is 0 Å². The summed E-state index contributed by atoms with van der Waals surface area (Å²) < 4.78 is 11.4. The molecule has 2 rings (SSSR count). The van der Waals surface area contributed by atoms with Crippen molar-refractivity contribution in [3.63, 3.8) is 0 Å². The Labute approximate surface area is 153 Å². The molecule has 0 spiro atoms. The van der Waals surface area contributed by atoms with Gasteiger partial charge in [0.15, 0.2) is 0 Å². The van der Waals surface area contributed by atoms with Gasteiger partial charge in [-0.15, -0.1) is 0 Å². The quantitative estimate of drug-likeness (QED) is 0.303. The van der Waals surface area contributed by atoms with Gasteiger partial charge in [-0.1, -0.05) is 10.3 Å². The number of rotatable bonds is 9. The molecule has 6 heteroatoms. The summed E-state index contributed by atoms with van der Waals surface area (Å²) in [6.45, 7) is 4.71. The maximum Gasteiger partial charge on any atom is 0.119 e. The summed E-state index contributed by atoms with van der Waals surface area (Å²) in [5, 5.41) is 23.8. The number of benzene rings is 2. The predicted molar refractivity (Wildman–Crippen MR) is 101 cm³/mol. The molecule has 6 nitrogen and oxygen atoms in total. The van der Waals surface area contributed by atoms with Gasteiger partial charge in [0.25, 0.3) is 0 Å². The molecule has 0 saturated carbocycles. The fourth-order valence-electron chi connectivity index (χ4n) is 2.28. The van der Waals surface area contributed by atoms with Crippen LogP contribution in [0, 0.1) is 0 Å². The number of hydrogen-bond acceptors (Lipinski definition) is 6. The molecule has 0 saturated heterocycles. The van der Waals surface area contributed by atoms with E-state index in [1.165, 1.54) is 0 Å². The molecule has 0 atom stereocenters. The summed E-state index contributed by atoms with van der Waals surface area (Å²) in [5.41, 5.74) is 2.86. The lowest BCUT2D eigenvalue weighted by molar-refractivity contribution is 0.266. The Hall–Kier alpha value is -3.02. The van der Waals surface area contributed by atoms with E-state index in [0.29, 0.717) is 24.6 Å². The number of hydrogen-bond donors (Lipinski definition) is 2. The fraction of sp³-hybridized carbons (Fsp3) is 0.300. The molecule has 26 heavy (non-hydrogen) atoms. The second-order valence-electron chi connectivity index (χ2n) is 5.82. The van der Waals surface area contributed by atoms with Gasteiger partial charge in [-0.05, 0) is 86.3 Å². The van der Waals surface area contributed by atoms with Crippen molar-refractivity contribution in [3.05, 3.63) is 59.7 Å². The molecule has 0 heterocycles. The molecule has 0 unspecified atom stereocenters. The lowest BCUT2D eigenvalue weighted by Gasteiger charge is -2.09. The Bertz CT molecular complexity index is 672. The van der Waals surface area contributed by atoms with Gasteiger partial charge in [-0.2, -0.15) is 0 Å². The molecule has 138 valence electrons. The molecule has 2 N–H and O–H groups in total. The molecular formula is C20H24N2O4. The van der Waals surface area contributed by atoms with Gasteiger partial charge in [-0.3, -0.25) is 0 Å². The second kappa shape index (κ2) is 10.1. The van der Waals surface area contributed by atoms with Crippen molar-refractivity contribution >= 4 is 11.4 Å². The summed E-state index contributed by atoms with van der Waals surface area (Å²) in [6.07, 6.45) is 1.76. The van der Waals surface area contributed by atoms with Gasteiger partial charge >= 0.3 is 0 Å². The van der Waals surface area contributed by atoms with Crippen molar-refractivity contribution in [2.24, 2.45) is 10.3 Å². The highest BCUT2D eigenvalue weighted by molar-refractivity contribution is 5.98. The maximum absolute atomic E-state index is 8.74. The van der Waals surface area contributed by atoms with E-state index < -0.39 is 0 Å². The first-order valence-electron chi connectivity index (χ1n) is 8.48. The minimum atomic E-state index is 0.570. The van der Waals surface area contributed by atoms with Crippen molar-refractivity contribution < 1.29 is 19.9 Å². The molecule has 0 fully saturated rings. The van der Waals surface area contributed by atoms with Gasteiger partial charge in [0.05, 0.1) is 24.6 Å². The van der Waals surface area contributed by atoms with Gasteiger partial charge in [0.2, 0.25) is 0 Å². The Morgan fingerprint density at radius 2 is 1.04 bits per heavy atom. The smallest absolute Gasteiger partial charge is 0.119 e. The third-order valence-electron chi connectivity index (χ3n) is 3.92. The molecule has 0 aliphatic carbocycles. The summed E-state index contributed by atoms with van der Waals surface area (Å²) >= 11 is 0. The first-order valence-corrected chi connectivity index (χ1v) is 8.48. The highest BCUT2D eigenvalue weighted by atomic mass is 16.5. The van der Waals surface area contributed by atoms with E-state index in [9.17, 15) is 0 Å². The molecule has 2 aromatic carbocycles. The first-order chi connectivity index (χ1) is 12.6. The van der Waals surface area contributed by atoms with Gasteiger partial charge in [-0.25, -0.2) is 0 Å². The zero-order valence-corrected chi connectivity index (χ0v) is 15.1. The van der Waals surface area contributed by atoms with E-state index in [4.69, 9.17) is 19.9 Å².